The van der Waals surface area contributed by atoms with Crippen LogP contribution >= 0.6 is 0 Å². The number of ether oxygens (including phenoxy) is 2. The number of nitrogens with one attached hydrogen (secondary N) is 1. The third kappa shape index (κ3) is 3.68. The van der Waals surface area contributed by atoms with Gasteiger partial charge in [-0.05, 0) is 12.1 Å². The van der Waals surface area contributed by atoms with E-state index in [2.05, 4.69) is 10.3 Å². The first-order valence-electron chi connectivity index (χ1n) is 6.61. The van der Waals surface area contributed by atoms with Crippen molar-refractivity contribution in [3.05, 3.63) is 35.9 Å². The summed E-state index contributed by atoms with van der Waals surface area (Å²) in [6.07, 6.45) is -0.190. The maximum Gasteiger partial charge on any atom is 0.252 e. The molecule has 1 aromatic heterocycles. The molecule has 0 aliphatic heterocycles. The highest BCUT2D eigenvalue weighted by atomic mass is 16.5. The SMILES string of the molecule is COCC(CNC(=O)c1cc(N)nc2ccccc12)OC. The van der Waals surface area contributed by atoms with Crippen LogP contribution in [0.1, 0.15) is 10.4 Å². The van der Waals surface area contributed by atoms with Crippen molar-refractivity contribution in [3.63, 3.8) is 0 Å². The van der Waals surface area contributed by atoms with E-state index in [1.807, 2.05) is 24.3 Å². The van der Waals surface area contributed by atoms with Gasteiger partial charge >= 0.3 is 0 Å². The molecule has 0 aliphatic carbocycles. The van der Waals surface area contributed by atoms with Gasteiger partial charge in [0.25, 0.3) is 5.91 Å². The number of pyridine rings is 1. The fraction of sp³-hybridized carbons (Fsp3) is 0.333. The molecule has 2 aromatic rings. The number of hydrogen-bond donors (Lipinski definition) is 2. The van der Waals surface area contributed by atoms with Gasteiger partial charge in [-0.1, -0.05) is 18.2 Å². The van der Waals surface area contributed by atoms with E-state index in [1.54, 1.807) is 20.3 Å². The molecule has 1 heterocycles. The quantitative estimate of drug-likeness (QED) is 0.834. The van der Waals surface area contributed by atoms with Gasteiger partial charge in [0.2, 0.25) is 0 Å². The van der Waals surface area contributed by atoms with Crippen molar-refractivity contribution in [1.82, 2.24) is 10.3 Å². The van der Waals surface area contributed by atoms with Crippen molar-refractivity contribution in [2.75, 3.05) is 33.1 Å². The second kappa shape index (κ2) is 7.01. The molecule has 1 aromatic carbocycles. The van der Waals surface area contributed by atoms with Crippen LogP contribution in [0, 0.1) is 0 Å². The van der Waals surface area contributed by atoms with Crippen LogP contribution in [-0.2, 0) is 9.47 Å². The Morgan fingerprint density at radius 1 is 1.38 bits per heavy atom. The van der Waals surface area contributed by atoms with Crippen LogP contribution in [0.5, 0.6) is 0 Å². The number of hydrogen-bond acceptors (Lipinski definition) is 5. The lowest BCUT2D eigenvalue weighted by molar-refractivity contribution is 0.0285. The summed E-state index contributed by atoms with van der Waals surface area (Å²) in [5.41, 5.74) is 6.96. The summed E-state index contributed by atoms with van der Waals surface area (Å²) in [5.74, 6) is 0.109. The molecule has 1 atom stereocenters. The van der Waals surface area contributed by atoms with Crippen molar-refractivity contribution in [1.29, 1.82) is 0 Å². The fourth-order valence-electron chi connectivity index (χ4n) is 2.08. The lowest BCUT2D eigenvalue weighted by Gasteiger charge is -2.15. The largest absolute Gasteiger partial charge is 0.384 e. The van der Waals surface area contributed by atoms with E-state index in [1.165, 1.54) is 0 Å². The first-order valence-corrected chi connectivity index (χ1v) is 6.61. The number of fused-ring (bicyclic) bond motifs is 1. The van der Waals surface area contributed by atoms with Gasteiger partial charge < -0.3 is 20.5 Å². The topological polar surface area (TPSA) is 86.5 Å². The van der Waals surface area contributed by atoms with Gasteiger partial charge in [0.1, 0.15) is 5.82 Å². The highest BCUT2D eigenvalue weighted by Crippen LogP contribution is 2.19. The molecule has 3 N–H and O–H groups in total. The van der Waals surface area contributed by atoms with E-state index in [9.17, 15) is 4.79 Å². The number of carbonyl (C=O) groups excluding carboxylic acids is 1. The minimum absolute atomic E-state index is 0.190. The number of nitrogen functional groups attached to an aromatic ring is 1. The molecule has 6 nitrogen and oxygen atoms in total. The van der Waals surface area contributed by atoms with Crippen LogP contribution in [0.4, 0.5) is 5.82 Å². The van der Waals surface area contributed by atoms with Gasteiger partial charge in [0, 0.05) is 26.2 Å². The highest BCUT2D eigenvalue weighted by molar-refractivity contribution is 6.06. The molecule has 0 saturated heterocycles. The van der Waals surface area contributed by atoms with Gasteiger partial charge in [0.15, 0.2) is 0 Å². The van der Waals surface area contributed by atoms with Crippen LogP contribution in [0.25, 0.3) is 10.9 Å². The maximum absolute atomic E-state index is 12.3. The average Bonchev–Trinajstić information content (AvgIpc) is 2.50. The second-order valence-corrected chi connectivity index (χ2v) is 4.63. The van der Waals surface area contributed by atoms with E-state index in [-0.39, 0.29) is 12.0 Å². The molecule has 0 radical (unpaired) electrons. The zero-order valence-corrected chi connectivity index (χ0v) is 12.1. The summed E-state index contributed by atoms with van der Waals surface area (Å²) in [6, 6.07) is 8.97. The molecule has 2 rings (SSSR count). The Bertz CT molecular complexity index is 631. The predicted molar refractivity (Wildman–Crippen MR) is 81.2 cm³/mol. The molecule has 0 spiro atoms. The molecule has 0 fully saturated rings. The number of nitrogens with two attached hydrogens (primary N) is 1. The smallest absolute Gasteiger partial charge is 0.252 e. The van der Waals surface area contributed by atoms with Crippen molar-refractivity contribution >= 4 is 22.6 Å². The normalized spacial score (nSPS) is 12.3. The number of amides is 1. The van der Waals surface area contributed by atoms with Gasteiger partial charge in [-0.15, -0.1) is 0 Å². The minimum Gasteiger partial charge on any atom is -0.384 e. The number of nitrogens with zero attached hydrogens (tertiary/aromatic N) is 1. The zero-order valence-electron chi connectivity index (χ0n) is 12.1. The highest BCUT2D eigenvalue weighted by Gasteiger charge is 2.14. The summed E-state index contributed by atoms with van der Waals surface area (Å²) in [7, 11) is 3.17. The summed E-state index contributed by atoms with van der Waals surface area (Å²) >= 11 is 0. The van der Waals surface area contributed by atoms with Crippen molar-refractivity contribution in [2.45, 2.75) is 6.10 Å². The van der Waals surface area contributed by atoms with Crippen molar-refractivity contribution in [3.8, 4) is 0 Å². The van der Waals surface area contributed by atoms with E-state index in [0.29, 0.717) is 30.0 Å². The van der Waals surface area contributed by atoms with E-state index >= 15 is 0 Å². The number of benzene rings is 1. The first-order chi connectivity index (χ1) is 10.2. The van der Waals surface area contributed by atoms with Gasteiger partial charge in [-0.25, -0.2) is 4.98 Å². The lowest BCUT2D eigenvalue weighted by Crippen LogP contribution is -2.35. The molecule has 1 amide bonds. The standard InChI is InChI=1S/C15H19N3O3/c1-20-9-10(21-2)8-17-15(19)12-7-14(16)18-13-6-4-3-5-11(12)13/h3-7,10H,8-9H2,1-2H3,(H2,16,18)(H,17,19). The molecule has 112 valence electrons. The number of anilines is 1. The third-order valence-corrected chi connectivity index (χ3v) is 3.16. The minimum atomic E-state index is -0.210. The Hall–Kier alpha value is -2.18. The van der Waals surface area contributed by atoms with E-state index in [0.717, 1.165) is 5.39 Å². The number of methoxy groups -OCH3 is 2. The van der Waals surface area contributed by atoms with E-state index < -0.39 is 0 Å². The summed E-state index contributed by atoms with van der Waals surface area (Å²) in [4.78, 5) is 16.6. The van der Waals surface area contributed by atoms with Gasteiger partial charge in [0.05, 0.1) is 23.8 Å². The van der Waals surface area contributed by atoms with E-state index in [4.69, 9.17) is 15.2 Å². The molecule has 0 saturated carbocycles. The van der Waals surface area contributed by atoms with Crippen molar-refractivity contribution < 1.29 is 14.3 Å². The number of para-hydroxylation sites is 1. The summed E-state index contributed by atoms with van der Waals surface area (Å²) < 4.78 is 10.2. The Kier molecular flexibility index (Phi) is 5.08. The Morgan fingerprint density at radius 3 is 2.86 bits per heavy atom. The van der Waals surface area contributed by atoms with Gasteiger partial charge in [-0.2, -0.15) is 0 Å². The van der Waals surface area contributed by atoms with Crippen LogP contribution in [0.15, 0.2) is 30.3 Å². The molecular formula is C15H19N3O3. The second-order valence-electron chi connectivity index (χ2n) is 4.63. The summed E-state index contributed by atoms with van der Waals surface area (Å²) in [5, 5.41) is 3.60. The van der Waals surface area contributed by atoms with Gasteiger partial charge in [-0.3, -0.25) is 4.79 Å². The Labute approximate surface area is 123 Å². The Balaban J connectivity index is 2.19. The van der Waals surface area contributed by atoms with Crippen molar-refractivity contribution in [2.24, 2.45) is 0 Å². The Morgan fingerprint density at radius 2 is 2.14 bits per heavy atom. The number of carbonyl (C=O) groups is 1. The molecular weight excluding hydrogens is 270 g/mol. The molecule has 21 heavy (non-hydrogen) atoms. The van der Waals surface area contributed by atoms with Crippen LogP contribution in [0.3, 0.4) is 0 Å². The number of aromatic nitrogens is 1. The fourth-order valence-corrected chi connectivity index (χ4v) is 2.08. The maximum atomic E-state index is 12.3. The van der Waals surface area contributed by atoms with Crippen LogP contribution in [-0.4, -0.2) is 44.4 Å². The predicted octanol–water partition coefficient (Wildman–Crippen LogP) is 1.21. The molecule has 1 unspecified atom stereocenters. The molecule has 0 bridgehead atoms. The first kappa shape index (κ1) is 15.2. The monoisotopic (exact) mass is 289 g/mol. The van der Waals surface area contributed by atoms with Crippen LogP contribution in [0.2, 0.25) is 0 Å². The molecule has 0 aliphatic rings. The zero-order chi connectivity index (χ0) is 15.2. The number of rotatable bonds is 6. The molecule has 6 heteroatoms. The lowest BCUT2D eigenvalue weighted by atomic mass is 10.1. The summed E-state index contributed by atoms with van der Waals surface area (Å²) in [6.45, 7) is 0.774. The van der Waals surface area contributed by atoms with Crippen LogP contribution < -0.4 is 11.1 Å². The third-order valence-electron chi connectivity index (χ3n) is 3.16. The average molecular weight is 289 g/mol.